The van der Waals surface area contributed by atoms with Gasteiger partial charge in [0.1, 0.15) is 0 Å². The summed E-state index contributed by atoms with van der Waals surface area (Å²) in [5.41, 5.74) is 9.29. The van der Waals surface area contributed by atoms with Crippen molar-refractivity contribution in [3.05, 3.63) is 36.2 Å². The van der Waals surface area contributed by atoms with Crippen molar-refractivity contribution in [3.63, 3.8) is 0 Å². The molecule has 0 bridgehead atoms. The van der Waals surface area contributed by atoms with Gasteiger partial charge in [0.15, 0.2) is 0 Å². The number of rotatable bonds is 2. The second-order valence-electron chi connectivity index (χ2n) is 4.77. The summed E-state index contributed by atoms with van der Waals surface area (Å²) in [6.45, 7) is 1.61. The maximum Gasteiger partial charge on any atom is 0.0934 e. The molecule has 2 aromatic rings. The predicted octanol–water partition coefficient (Wildman–Crippen LogP) is 2.06. The molecule has 0 spiro atoms. The van der Waals surface area contributed by atoms with E-state index in [1.807, 2.05) is 12.1 Å². The Labute approximate surface area is 106 Å². The third-order valence-corrected chi connectivity index (χ3v) is 3.59. The lowest BCUT2D eigenvalue weighted by Gasteiger charge is -2.28. The lowest BCUT2D eigenvalue weighted by molar-refractivity contribution is 0.0449. The van der Waals surface area contributed by atoms with Crippen molar-refractivity contribution in [1.29, 1.82) is 0 Å². The van der Waals surface area contributed by atoms with Crippen LogP contribution in [-0.4, -0.2) is 23.2 Å². The average molecular weight is 243 g/mol. The second kappa shape index (κ2) is 5.00. The summed E-state index contributed by atoms with van der Waals surface area (Å²) in [7, 11) is 0. The van der Waals surface area contributed by atoms with Gasteiger partial charge in [-0.3, -0.25) is 9.97 Å². The number of benzene rings is 1. The molecule has 4 heteroatoms. The van der Waals surface area contributed by atoms with Crippen molar-refractivity contribution < 1.29 is 4.74 Å². The van der Waals surface area contributed by atoms with Gasteiger partial charge in [-0.15, -0.1) is 0 Å². The number of hydrogen-bond donors (Lipinski definition) is 1. The van der Waals surface area contributed by atoms with E-state index in [1.54, 1.807) is 12.4 Å². The topological polar surface area (TPSA) is 61.0 Å². The lowest BCUT2D eigenvalue weighted by Crippen LogP contribution is -2.29. The Kier molecular flexibility index (Phi) is 3.21. The van der Waals surface area contributed by atoms with Gasteiger partial charge in [-0.2, -0.15) is 0 Å². The van der Waals surface area contributed by atoms with Gasteiger partial charge in [0.05, 0.1) is 17.6 Å². The van der Waals surface area contributed by atoms with E-state index in [0.29, 0.717) is 5.92 Å². The molecular weight excluding hydrogens is 226 g/mol. The first kappa shape index (κ1) is 11.6. The van der Waals surface area contributed by atoms with E-state index in [9.17, 15) is 0 Å². The zero-order valence-corrected chi connectivity index (χ0v) is 10.2. The molecular formula is C14H17N3O. The van der Waals surface area contributed by atoms with Crippen LogP contribution in [0, 0.1) is 5.92 Å². The molecule has 2 atom stereocenters. The van der Waals surface area contributed by atoms with Crippen molar-refractivity contribution in [2.24, 2.45) is 11.7 Å². The minimum atomic E-state index is -0.0225. The molecule has 1 aliphatic heterocycles. The third kappa shape index (κ3) is 2.09. The zero-order valence-electron chi connectivity index (χ0n) is 10.2. The molecule has 1 aromatic heterocycles. The largest absolute Gasteiger partial charge is 0.381 e. The maximum atomic E-state index is 6.39. The monoisotopic (exact) mass is 243 g/mol. The highest BCUT2D eigenvalue weighted by atomic mass is 16.5. The summed E-state index contributed by atoms with van der Waals surface area (Å²) in [5.74, 6) is 0.381. The average Bonchev–Trinajstić information content (AvgIpc) is 2.47. The van der Waals surface area contributed by atoms with Crippen molar-refractivity contribution in [3.8, 4) is 0 Å². The Morgan fingerprint density at radius 1 is 1.28 bits per heavy atom. The van der Waals surface area contributed by atoms with Crippen molar-refractivity contribution in [1.82, 2.24) is 9.97 Å². The molecule has 3 rings (SSSR count). The van der Waals surface area contributed by atoms with Crippen LogP contribution in [0.3, 0.4) is 0 Å². The van der Waals surface area contributed by atoms with Gasteiger partial charge in [-0.25, -0.2) is 0 Å². The molecule has 1 aromatic carbocycles. The van der Waals surface area contributed by atoms with Crippen molar-refractivity contribution in [2.45, 2.75) is 18.9 Å². The first-order valence-corrected chi connectivity index (χ1v) is 6.39. The van der Waals surface area contributed by atoms with Crippen molar-refractivity contribution >= 4 is 11.0 Å². The van der Waals surface area contributed by atoms with Crippen LogP contribution in [0.1, 0.15) is 24.4 Å². The van der Waals surface area contributed by atoms with Gasteiger partial charge in [0.2, 0.25) is 0 Å². The summed E-state index contributed by atoms with van der Waals surface area (Å²) >= 11 is 0. The van der Waals surface area contributed by atoms with Gasteiger partial charge in [-0.1, -0.05) is 12.1 Å². The normalized spacial score (nSPS) is 21.9. The fourth-order valence-corrected chi connectivity index (χ4v) is 2.59. The van der Waals surface area contributed by atoms with Crippen LogP contribution in [-0.2, 0) is 4.74 Å². The van der Waals surface area contributed by atoms with E-state index in [-0.39, 0.29) is 6.04 Å². The summed E-state index contributed by atoms with van der Waals surface area (Å²) in [6.07, 6.45) is 5.64. The fraction of sp³-hybridized carbons (Fsp3) is 0.429. The number of nitrogens with zero attached hydrogens (tertiary/aromatic N) is 2. The highest BCUT2D eigenvalue weighted by molar-refractivity contribution is 5.78. The number of aromatic nitrogens is 2. The minimum absolute atomic E-state index is 0.0225. The number of ether oxygens (including phenoxy) is 1. The quantitative estimate of drug-likeness (QED) is 0.877. The lowest BCUT2D eigenvalue weighted by atomic mass is 9.89. The van der Waals surface area contributed by atoms with E-state index < -0.39 is 0 Å². The molecule has 2 heterocycles. The maximum absolute atomic E-state index is 6.39. The number of para-hydroxylation sites is 1. The van der Waals surface area contributed by atoms with E-state index in [0.717, 1.165) is 42.7 Å². The van der Waals surface area contributed by atoms with Crippen LogP contribution in [0.2, 0.25) is 0 Å². The van der Waals surface area contributed by atoms with Gasteiger partial charge in [-0.05, 0) is 24.5 Å². The molecule has 4 nitrogen and oxygen atoms in total. The molecule has 0 amide bonds. The Balaban J connectivity index is 1.97. The van der Waals surface area contributed by atoms with Crippen LogP contribution >= 0.6 is 0 Å². The number of fused-ring (bicyclic) bond motifs is 1. The van der Waals surface area contributed by atoms with Gasteiger partial charge in [0, 0.05) is 31.0 Å². The summed E-state index contributed by atoms with van der Waals surface area (Å²) < 4.78 is 5.52. The Bertz CT molecular complexity index is 532. The van der Waals surface area contributed by atoms with Gasteiger partial charge in [0.25, 0.3) is 0 Å². The van der Waals surface area contributed by atoms with E-state index in [1.165, 1.54) is 0 Å². The molecule has 1 aliphatic rings. The third-order valence-electron chi connectivity index (χ3n) is 3.59. The van der Waals surface area contributed by atoms with Crippen LogP contribution in [0.4, 0.5) is 0 Å². The van der Waals surface area contributed by atoms with Crippen LogP contribution in [0.5, 0.6) is 0 Å². The Morgan fingerprint density at radius 3 is 3.00 bits per heavy atom. The standard InChI is InChI=1S/C14H17N3O/c15-13(10-3-2-8-18-9-10)11-4-1-5-12-14(11)17-7-6-16-12/h1,4-7,10,13H,2-3,8-9,15H2. The summed E-state index contributed by atoms with van der Waals surface area (Å²) in [5, 5.41) is 0. The summed E-state index contributed by atoms with van der Waals surface area (Å²) in [4.78, 5) is 8.73. The molecule has 1 saturated heterocycles. The molecule has 1 fully saturated rings. The van der Waals surface area contributed by atoms with Gasteiger partial charge >= 0.3 is 0 Å². The van der Waals surface area contributed by atoms with E-state index in [2.05, 4.69) is 16.0 Å². The smallest absolute Gasteiger partial charge is 0.0934 e. The molecule has 0 saturated carbocycles. The molecule has 0 aliphatic carbocycles. The number of hydrogen-bond acceptors (Lipinski definition) is 4. The van der Waals surface area contributed by atoms with Gasteiger partial charge < -0.3 is 10.5 Å². The van der Waals surface area contributed by atoms with Crippen LogP contribution in [0.15, 0.2) is 30.6 Å². The first-order valence-electron chi connectivity index (χ1n) is 6.39. The fourth-order valence-electron chi connectivity index (χ4n) is 2.59. The van der Waals surface area contributed by atoms with Crippen LogP contribution in [0.25, 0.3) is 11.0 Å². The van der Waals surface area contributed by atoms with E-state index in [4.69, 9.17) is 10.5 Å². The van der Waals surface area contributed by atoms with E-state index >= 15 is 0 Å². The SMILES string of the molecule is NC(c1cccc2nccnc12)C1CCCOC1. The molecule has 2 unspecified atom stereocenters. The number of nitrogens with two attached hydrogens (primary N) is 1. The molecule has 2 N–H and O–H groups in total. The molecule has 0 radical (unpaired) electrons. The molecule has 18 heavy (non-hydrogen) atoms. The molecule has 94 valence electrons. The minimum Gasteiger partial charge on any atom is -0.381 e. The highest BCUT2D eigenvalue weighted by Crippen LogP contribution is 2.29. The Morgan fingerprint density at radius 2 is 2.17 bits per heavy atom. The highest BCUT2D eigenvalue weighted by Gasteiger charge is 2.24. The first-order chi connectivity index (χ1) is 8.86. The zero-order chi connectivity index (χ0) is 12.4. The predicted molar refractivity (Wildman–Crippen MR) is 70.0 cm³/mol. The Hall–Kier alpha value is -1.52. The van der Waals surface area contributed by atoms with Crippen LogP contribution < -0.4 is 5.73 Å². The second-order valence-corrected chi connectivity index (χ2v) is 4.77. The summed E-state index contributed by atoms with van der Waals surface area (Å²) in [6, 6.07) is 5.99. The van der Waals surface area contributed by atoms with Crippen molar-refractivity contribution in [2.75, 3.05) is 13.2 Å².